The number of imidazole rings is 1. The molecule has 1 N–H and O–H groups in total. The van der Waals surface area contributed by atoms with E-state index in [1.54, 1.807) is 0 Å². The minimum atomic E-state index is 0.127. The highest BCUT2D eigenvalue weighted by atomic mass is 16.5. The van der Waals surface area contributed by atoms with Crippen molar-refractivity contribution in [2.75, 3.05) is 18.5 Å². The molecule has 4 nitrogen and oxygen atoms in total. The molecule has 0 amide bonds. The molecule has 112 valence electrons. The normalized spacial score (nSPS) is 23.7. The van der Waals surface area contributed by atoms with Gasteiger partial charge in [-0.05, 0) is 39.5 Å². The third kappa shape index (κ3) is 3.00. The van der Waals surface area contributed by atoms with E-state index < -0.39 is 0 Å². The van der Waals surface area contributed by atoms with Crippen molar-refractivity contribution in [3.63, 3.8) is 0 Å². The van der Waals surface area contributed by atoms with Gasteiger partial charge < -0.3 is 14.6 Å². The van der Waals surface area contributed by atoms with Gasteiger partial charge in [-0.1, -0.05) is 19.3 Å². The highest BCUT2D eigenvalue weighted by Crippen LogP contribution is 2.33. The summed E-state index contributed by atoms with van der Waals surface area (Å²) in [5.74, 6) is 1.07. The molecule has 0 unspecified atom stereocenters. The third-order valence-corrected chi connectivity index (χ3v) is 4.83. The molecule has 0 aromatic carbocycles. The second kappa shape index (κ2) is 5.76. The number of nitrogens with zero attached hydrogens (tertiary/aromatic N) is 2. The van der Waals surface area contributed by atoms with Crippen LogP contribution in [0.3, 0.4) is 0 Å². The van der Waals surface area contributed by atoms with E-state index in [4.69, 9.17) is 9.72 Å². The Balaban J connectivity index is 1.78. The lowest BCUT2D eigenvalue weighted by molar-refractivity contribution is 0.0654. The smallest absolute Gasteiger partial charge is 0.203 e. The molecule has 2 heterocycles. The number of aromatic nitrogens is 2. The van der Waals surface area contributed by atoms with Gasteiger partial charge in [-0.25, -0.2) is 4.98 Å². The lowest BCUT2D eigenvalue weighted by atomic mass is 9.92. The second-order valence-corrected chi connectivity index (χ2v) is 6.70. The number of hydrogen-bond donors (Lipinski definition) is 1. The summed E-state index contributed by atoms with van der Waals surface area (Å²) in [5, 5.41) is 3.72. The molecule has 2 fully saturated rings. The van der Waals surface area contributed by atoms with Crippen molar-refractivity contribution in [3.8, 4) is 0 Å². The van der Waals surface area contributed by atoms with E-state index in [1.807, 2.05) is 0 Å². The highest BCUT2D eigenvalue weighted by molar-refractivity contribution is 5.33. The molecule has 0 spiro atoms. The summed E-state index contributed by atoms with van der Waals surface area (Å²) in [5.41, 5.74) is 1.25. The lowest BCUT2D eigenvalue weighted by Gasteiger charge is -2.36. The number of ether oxygens (including phenoxy) is 1. The molecule has 1 aromatic rings. The molecule has 0 radical (unpaired) electrons. The van der Waals surface area contributed by atoms with Gasteiger partial charge in [0.2, 0.25) is 5.95 Å². The first-order valence-electron chi connectivity index (χ1n) is 8.08. The molecular formula is C16H27N3O. The van der Waals surface area contributed by atoms with Gasteiger partial charge in [0, 0.05) is 31.0 Å². The van der Waals surface area contributed by atoms with Crippen LogP contribution in [0, 0.1) is 6.92 Å². The fourth-order valence-corrected chi connectivity index (χ4v) is 3.46. The number of hydrogen-bond acceptors (Lipinski definition) is 3. The first kappa shape index (κ1) is 13.9. The fraction of sp³-hybridized carbons (Fsp3) is 0.812. The molecule has 4 heteroatoms. The molecule has 2 aliphatic rings. The molecule has 0 bridgehead atoms. The minimum Gasteiger partial charge on any atom is -0.381 e. The van der Waals surface area contributed by atoms with Crippen molar-refractivity contribution in [2.45, 2.75) is 70.4 Å². The topological polar surface area (TPSA) is 39.1 Å². The zero-order chi connectivity index (χ0) is 14.0. The standard InChI is InChI=1S/C16H27N3O/c1-13-12-19(14-6-4-3-5-7-14)15(17-13)18-16(2)8-10-20-11-9-16/h12,14H,3-11H2,1-2H3,(H,17,18). The van der Waals surface area contributed by atoms with Gasteiger partial charge in [0.25, 0.3) is 0 Å². The maximum absolute atomic E-state index is 5.49. The number of nitrogens with one attached hydrogen (secondary N) is 1. The number of rotatable bonds is 3. The Morgan fingerprint density at radius 3 is 2.65 bits per heavy atom. The Morgan fingerprint density at radius 2 is 1.95 bits per heavy atom. The van der Waals surface area contributed by atoms with Crippen molar-refractivity contribution in [1.29, 1.82) is 0 Å². The Morgan fingerprint density at radius 1 is 1.25 bits per heavy atom. The van der Waals surface area contributed by atoms with Crippen LogP contribution >= 0.6 is 0 Å². The molecule has 1 aliphatic heterocycles. The Labute approximate surface area is 121 Å². The maximum Gasteiger partial charge on any atom is 0.203 e. The highest BCUT2D eigenvalue weighted by Gasteiger charge is 2.29. The largest absolute Gasteiger partial charge is 0.381 e. The third-order valence-electron chi connectivity index (χ3n) is 4.83. The van der Waals surface area contributed by atoms with Gasteiger partial charge in [-0.2, -0.15) is 0 Å². The Bertz CT molecular complexity index is 443. The van der Waals surface area contributed by atoms with Crippen molar-refractivity contribution >= 4 is 5.95 Å². The summed E-state index contributed by atoms with van der Waals surface area (Å²) in [7, 11) is 0. The van der Waals surface area contributed by atoms with Gasteiger partial charge in [0.1, 0.15) is 0 Å². The van der Waals surface area contributed by atoms with Crippen LogP contribution in [0.25, 0.3) is 0 Å². The van der Waals surface area contributed by atoms with Crippen molar-refractivity contribution in [1.82, 2.24) is 9.55 Å². The van der Waals surface area contributed by atoms with Crippen LogP contribution in [0.2, 0.25) is 0 Å². The summed E-state index contributed by atoms with van der Waals surface area (Å²) in [4.78, 5) is 4.74. The van der Waals surface area contributed by atoms with Crippen LogP contribution in [0.15, 0.2) is 6.20 Å². The lowest BCUT2D eigenvalue weighted by Crippen LogP contribution is -2.41. The monoisotopic (exact) mass is 277 g/mol. The Kier molecular flexibility index (Phi) is 4.01. The first-order valence-corrected chi connectivity index (χ1v) is 8.08. The average molecular weight is 277 g/mol. The average Bonchev–Trinajstić information content (AvgIpc) is 2.80. The summed E-state index contributed by atoms with van der Waals surface area (Å²) >= 11 is 0. The van der Waals surface area contributed by atoms with Gasteiger partial charge >= 0.3 is 0 Å². The predicted molar refractivity (Wildman–Crippen MR) is 81.2 cm³/mol. The Hall–Kier alpha value is -1.03. The molecule has 3 rings (SSSR count). The summed E-state index contributed by atoms with van der Waals surface area (Å²) in [6.07, 6.45) is 11.0. The molecule has 0 atom stereocenters. The first-order chi connectivity index (χ1) is 9.66. The van der Waals surface area contributed by atoms with E-state index >= 15 is 0 Å². The molecule has 1 aliphatic carbocycles. The van der Waals surface area contributed by atoms with Gasteiger partial charge in [0.05, 0.1) is 5.69 Å². The number of aryl methyl sites for hydroxylation is 1. The second-order valence-electron chi connectivity index (χ2n) is 6.70. The van der Waals surface area contributed by atoms with Crippen LogP contribution in [0.5, 0.6) is 0 Å². The predicted octanol–water partition coefficient (Wildman–Crippen LogP) is 3.68. The fourth-order valence-electron chi connectivity index (χ4n) is 3.46. The van der Waals surface area contributed by atoms with Crippen LogP contribution in [-0.2, 0) is 4.74 Å². The van der Waals surface area contributed by atoms with E-state index in [1.165, 1.54) is 32.1 Å². The van der Waals surface area contributed by atoms with Crippen LogP contribution in [-0.4, -0.2) is 28.3 Å². The van der Waals surface area contributed by atoms with Crippen LogP contribution in [0.4, 0.5) is 5.95 Å². The van der Waals surface area contributed by atoms with E-state index in [0.717, 1.165) is 37.7 Å². The number of anilines is 1. The van der Waals surface area contributed by atoms with E-state index in [2.05, 4.69) is 29.9 Å². The quantitative estimate of drug-likeness (QED) is 0.916. The molecule has 1 saturated heterocycles. The van der Waals surface area contributed by atoms with Gasteiger partial charge in [0.15, 0.2) is 0 Å². The van der Waals surface area contributed by atoms with Crippen molar-refractivity contribution in [2.24, 2.45) is 0 Å². The molecule has 1 saturated carbocycles. The zero-order valence-electron chi connectivity index (χ0n) is 12.8. The van der Waals surface area contributed by atoms with Crippen molar-refractivity contribution in [3.05, 3.63) is 11.9 Å². The van der Waals surface area contributed by atoms with E-state index in [0.29, 0.717) is 6.04 Å². The molecular weight excluding hydrogens is 250 g/mol. The summed E-state index contributed by atoms with van der Waals surface area (Å²) in [6, 6.07) is 0.635. The van der Waals surface area contributed by atoms with E-state index in [-0.39, 0.29) is 5.54 Å². The SMILES string of the molecule is Cc1cn(C2CCCCC2)c(NC2(C)CCOCC2)n1. The molecule has 20 heavy (non-hydrogen) atoms. The van der Waals surface area contributed by atoms with Crippen LogP contribution in [0.1, 0.15) is 63.6 Å². The summed E-state index contributed by atoms with van der Waals surface area (Å²) < 4.78 is 7.89. The molecule has 1 aromatic heterocycles. The van der Waals surface area contributed by atoms with Crippen molar-refractivity contribution < 1.29 is 4.74 Å². The van der Waals surface area contributed by atoms with Gasteiger partial charge in [-0.3, -0.25) is 0 Å². The zero-order valence-corrected chi connectivity index (χ0v) is 12.8. The van der Waals surface area contributed by atoms with Crippen LogP contribution < -0.4 is 5.32 Å². The van der Waals surface area contributed by atoms with E-state index in [9.17, 15) is 0 Å². The van der Waals surface area contributed by atoms with Gasteiger partial charge in [-0.15, -0.1) is 0 Å². The maximum atomic E-state index is 5.49. The summed E-state index contributed by atoms with van der Waals surface area (Å²) in [6.45, 7) is 6.10. The minimum absolute atomic E-state index is 0.127.